The number of amides is 2. The van der Waals surface area contributed by atoms with Gasteiger partial charge in [-0.1, -0.05) is 6.07 Å². The predicted octanol–water partition coefficient (Wildman–Crippen LogP) is 5.83. The number of nitrogens with zero attached hydrogens (tertiary/aromatic N) is 4. The highest BCUT2D eigenvalue weighted by atomic mass is 35.5. The predicted molar refractivity (Wildman–Crippen MR) is 176 cm³/mol. The molecule has 1 aromatic carbocycles. The van der Waals surface area contributed by atoms with Crippen molar-refractivity contribution in [3.05, 3.63) is 77.9 Å². The summed E-state index contributed by atoms with van der Waals surface area (Å²) in [5.41, 5.74) is 3.85. The molecule has 0 atom stereocenters. The normalized spacial score (nSPS) is 13.7. The largest absolute Gasteiger partial charge is 0.493 e. The average molecular weight is 639 g/mol. The van der Waals surface area contributed by atoms with Crippen LogP contribution in [0.1, 0.15) is 50.9 Å². The zero-order valence-electron chi connectivity index (χ0n) is 24.7. The Morgan fingerprint density at radius 2 is 1.57 bits per heavy atom. The minimum absolute atomic E-state index is 0. The molecule has 0 radical (unpaired) electrons. The van der Waals surface area contributed by atoms with E-state index in [0.29, 0.717) is 25.4 Å². The molecule has 0 spiro atoms. The van der Waals surface area contributed by atoms with E-state index in [1.807, 2.05) is 56.6 Å². The zero-order chi connectivity index (χ0) is 27.8. The lowest BCUT2D eigenvalue weighted by Crippen LogP contribution is -2.48. The zero-order valence-corrected chi connectivity index (χ0v) is 27.1. The molecule has 1 aliphatic rings. The molecule has 3 aromatic rings. The Morgan fingerprint density at radius 1 is 0.857 bits per heavy atom. The van der Waals surface area contributed by atoms with Crippen LogP contribution in [0.4, 0.5) is 11.4 Å². The van der Waals surface area contributed by atoms with Gasteiger partial charge in [0, 0.05) is 50.0 Å². The Balaban J connectivity index is 0.00000294. The van der Waals surface area contributed by atoms with Crippen molar-refractivity contribution in [1.29, 1.82) is 0 Å². The summed E-state index contributed by atoms with van der Waals surface area (Å²) in [4.78, 5) is 38.4. The Kier molecular flexibility index (Phi) is 15.3. The second-order valence-corrected chi connectivity index (χ2v) is 10.3. The molecule has 0 bridgehead atoms. The van der Waals surface area contributed by atoms with Crippen molar-refractivity contribution in [2.75, 3.05) is 36.0 Å². The van der Waals surface area contributed by atoms with Crippen LogP contribution >= 0.6 is 37.2 Å². The summed E-state index contributed by atoms with van der Waals surface area (Å²) in [5.74, 6) is 0.322. The summed E-state index contributed by atoms with van der Waals surface area (Å²) in [5, 5.41) is 3.48. The highest BCUT2D eigenvalue weighted by molar-refractivity contribution is 6.20. The van der Waals surface area contributed by atoms with Gasteiger partial charge in [0.1, 0.15) is 11.2 Å². The van der Waals surface area contributed by atoms with E-state index in [-0.39, 0.29) is 49.0 Å². The Hall–Kier alpha value is -2.91. The molecule has 0 saturated carbocycles. The van der Waals surface area contributed by atoms with Gasteiger partial charge in [0.05, 0.1) is 18.0 Å². The van der Waals surface area contributed by atoms with E-state index in [9.17, 15) is 9.59 Å². The lowest BCUT2D eigenvalue weighted by molar-refractivity contribution is -0.137. The van der Waals surface area contributed by atoms with Crippen LogP contribution in [-0.2, 0) is 29.0 Å². The molecular weight excluding hydrogens is 597 g/mol. The second-order valence-electron chi connectivity index (χ2n) is 10.3. The van der Waals surface area contributed by atoms with Crippen LogP contribution in [0, 0.1) is 5.41 Å². The van der Waals surface area contributed by atoms with E-state index >= 15 is 0 Å². The highest BCUT2D eigenvalue weighted by Crippen LogP contribution is 2.40. The fourth-order valence-electron chi connectivity index (χ4n) is 4.86. The number of aryl methyl sites for hydroxylation is 2. The number of hydrogen-bond donors (Lipinski definition) is 1. The van der Waals surface area contributed by atoms with Crippen molar-refractivity contribution < 1.29 is 14.3 Å². The number of nitrogens with one attached hydrogen (secondary N) is 1. The molecule has 0 unspecified atom stereocenters. The van der Waals surface area contributed by atoms with Gasteiger partial charge in [-0.15, -0.1) is 37.2 Å². The van der Waals surface area contributed by atoms with Gasteiger partial charge >= 0.3 is 0 Å². The van der Waals surface area contributed by atoms with Crippen LogP contribution in [0.15, 0.2) is 61.1 Å². The van der Waals surface area contributed by atoms with Crippen molar-refractivity contribution in [1.82, 2.24) is 15.3 Å². The van der Waals surface area contributed by atoms with Crippen molar-refractivity contribution in [2.24, 2.45) is 5.41 Å². The molecular formula is C31H42Cl3N5O3. The summed E-state index contributed by atoms with van der Waals surface area (Å²) in [6, 6.07) is 13.9. The first-order valence-corrected chi connectivity index (χ1v) is 13.8. The molecule has 42 heavy (non-hydrogen) atoms. The number of pyridine rings is 2. The number of anilines is 2. The molecule has 0 aliphatic carbocycles. The van der Waals surface area contributed by atoms with Gasteiger partial charge in [0.15, 0.2) is 0 Å². The third kappa shape index (κ3) is 8.80. The quantitative estimate of drug-likeness (QED) is 0.198. The fourth-order valence-corrected chi connectivity index (χ4v) is 4.86. The first kappa shape index (κ1) is 37.1. The van der Waals surface area contributed by atoms with Crippen molar-refractivity contribution in [2.45, 2.75) is 53.5 Å². The van der Waals surface area contributed by atoms with Gasteiger partial charge in [-0.25, -0.2) is 0 Å². The second kappa shape index (κ2) is 17.3. The minimum Gasteiger partial charge on any atom is -0.493 e. The summed E-state index contributed by atoms with van der Waals surface area (Å²) in [6.45, 7) is 10.4. The lowest BCUT2D eigenvalue weighted by Gasteiger charge is -2.27. The summed E-state index contributed by atoms with van der Waals surface area (Å²) in [6.07, 6.45) is 8.21. The van der Waals surface area contributed by atoms with Crippen LogP contribution in [0.5, 0.6) is 5.75 Å². The first-order chi connectivity index (χ1) is 18.8. The van der Waals surface area contributed by atoms with Crippen molar-refractivity contribution in [3.8, 4) is 5.75 Å². The van der Waals surface area contributed by atoms with Crippen LogP contribution in [-0.4, -0.2) is 48.0 Å². The number of fused-ring (bicyclic) bond motifs is 1. The monoisotopic (exact) mass is 637 g/mol. The lowest BCUT2D eigenvalue weighted by atomic mass is 9.90. The first-order valence-electron chi connectivity index (χ1n) is 13.8. The molecule has 8 nitrogen and oxygen atoms in total. The topological polar surface area (TPSA) is 87.7 Å². The number of hydrogen-bond acceptors (Lipinski definition) is 6. The molecule has 1 N–H and O–H groups in total. The SMILES string of the molecule is CCN1C(=O)C(C)(C)C(=O)N(CC)c2cc(OCCCNCc3ccnc(CCc4cccnc4)c3)ccc21.Cl.Cl.Cl. The van der Waals surface area contributed by atoms with Gasteiger partial charge in [-0.2, -0.15) is 0 Å². The molecule has 2 amide bonds. The number of rotatable bonds is 12. The smallest absolute Gasteiger partial charge is 0.242 e. The Bertz CT molecular complexity index is 1290. The summed E-state index contributed by atoms with van der Waals surface area (Å²) < 4.78 is 6.04. The molecule has 11 heteroatoms. The standard InChI is InChI=1S/C31H39N5O3.3ClH/c1-5-35-27-13-12-26(20-28(27)36(6-2)30(38)31(3,4)29(35)37)39-18-8-16-33-22-24-14-17-34-25(19-24)11-10-23-9-7-15-32-21-23;;;/h7,9,12-15,17,19-21,33H,5-6,8,10-11,16,18,22H2,1-4H3;3*1H. The van der Waals surface area contributed by atoms with E-state index in [1.165, 1.54) is 11.1 Å². The number of carbonyl (C=O) groups excluding carboxylic acids is 2. The van der Waals surface area contributed by atoms with Gasteiger partial charge in [-0.3, -0.25) is 19.6 Å². The third-order valence-corrected chi connectivity index (χ3v) is 7.09. The van der Waals surface area contributed by atoms with E-state index < -0.39 is 5.41 Å². The maximum absolute atomic E-state index is 13.2. The number of benzene rings is 1. The summed E-state index contributed by atoms with van der Waals surface area (Å²) in [7, 11) is 0. The average Bonchev–Trinajstić information content (AvgIpc) is 3.01. The van der Waals surface area contributed by atoms with Crippen molar-refractivity contribution >= 4 is 60.4 Å². The molecule has 230 valence electrons. The van der Waals surface area contributed by atoms with Crippen LogP contribution in [0.3, 0.4) is 0 Å². The molecule has 2 aromatic heterocycles. The van der Waals surface area contributed by atoms with E-state index in [2.05, 4.69) is 27.4 Å². The number of ether oxygens (including phenoxy) is 1. The third-order valence-electron chi connectivity index (χ3n) is 7.09. The van der Waals surface area contributed by atoms with E-state index in [4.69, 9.17) is 4.74 Å². The number of halogens is 3. The van der Waals surface area contributed by atoms with Gasteiger partial charge in [0.25, 0.3) is 0 Å². The fraction of sp³-hybridized carbons (Fsp3) is 0.419. The van der Waals surface area contributed by atoms with Gasteiger partial charge in [0.2, 0.25) is 11.8 Å². The van der Waals surface area contributed by atoms with E-state index in [0.717, 1.165) is 49.4 Å². The van der Waals surface area contributed by atoms with Crippen molar-refractivity contribution in [3.63, 3.8) is 0 Å². The van der Waals surface area contributed by atoms with Gasteiger partial charge in [-0.05, 0) is 95.0 Å². The van der Waals surface area contributed by atoms with E-state index in [1.54, 1.807) is 29.8 Å². The van der Waals surface area contributed by atoms with Gasteiger partial charge < -0.3 is 19.9 Å². The van der Waals surface area contributed by atoms with Crippen LogP contribution in [0.25, 0.3) is 0 Å². The number of aromatic nitrogens is 2. The minimum atomic E-state index is -1.12. The Labute approximate surface area is 267 Å². The highest BCUT2D eigenvalue weighted by Gasteiger charge is 2.45. The number of carbonyl (C=O) groups is 2. The van der Waals surface area contributed by atoms with Crippen LogP contribution < -0.4 is 19.9 Å². The molecule has 0 fully saturated rings. The molecule has 4 rings (SSSR count). The Morgan fingerprint density at radius 3 is 2.24 bits per heavy atom. The van der Waals surface area contributed by atoms with Crippen LogP contribution in [0.2, 0.25) is 0 Å². The molecule has 0 saturated heterocycles. The summed E-state index contributed by atoms with van der Waals surface area (Å²) >= 11 is 0. The maximum atomic E-state index is 13.2. The molecule has 3 heterocycles. The molecule has 1 aliphatic heterocycles. The maximum Gasteiger partial charge on any atom is 0.242 e.